The lowest BCUT2D eigenvalue weighted by molar-refractivity contribution is -0.662. The van der Waals surface area contributed by atoms with Gasteiger partial charge in [0.2, 0.25) is 0 Å². The van der Waals surface area contributed by atoms with E-state index in [0.29, 0.717) is 0 Å². The molecule has 1 heteroatoms. The topological polar surface area (TPSA) is 3.01 Å². The summed E-state index contributed by atoms with van der Waals surface area (Å²) in [5.41, 5.74) is 1.77. The van der Waals surface area contributed by atoms with Gasteiger partial charge in [-0.2, -0.15) is 0 Å². The van der Waals surface area contributed by atoms with Crippen LogP contribution in [0.4, 0.5) is 0 Å². The van der Waals surface area contributed by atoms with Gasteiger partial charge in [0.25, 0.3) is 0 Å². The van der Waals surface area contributed by atoms with Crippen molar-refractivity contribution in [1.29, 1.82) is 0 Å². The molecule has 1 fully saturated rings. The van der Waals surface area contributed by atoms with E-state index in [1.165, 1.54) is 32.1 Å². The van der Waals surface area contributed by atoms with Crippen LogP contribution in [0.1, 0.15) is 32.1 Å². The highest BCUT2D eigenvalue weighted by molar-refractivity contribution is 5.86. The minimum atomic E-state index is 1.01. The molecule has 0 aromatic heterocycles. The summed E-state index contributed by atoms with van der Waals surface area (Å²) >= 11 is 0. The van der Waals surface area contributed by atoms with E-state index in [1.807, 2.05) is 0 Å². The molecule has 0 amide bonds. The molecule has 2 atom stereocenters. The third-order valence-electron chi connectivity index (χ3n) is 3.17. The molecular formula is C8H12N+. The van der Waals surface area contributed by atoms with Gasteiger partial charge in [-0.3, -0.25) is 0 Å². The molecule has 0 bridgehead atoms. The average molecular weight is 122 g/mol. The summed E-state index contributed by atoms with van der Waals surface area (Å²) in [5, 5.41) is 0. The Morgan fingerprint density at radius 2 is 1.78 bits per heavy atom. The van der Waals surface area contributed by atoms with Crippen molar-refractivity contribution in [3.05, 3.63) is 0 Å². The summed E-state index contributed by atoms with van der Waals surface area (Å²) in [6, 6.07) is 2.01. The van der Waals surface area contributed by atoms with E-state index in [-0.39, 0.29) is 0 Å². The van der Waals surface area contributed by atoms with Crippen molar-refractivity contribution in [2.75, 3.05) is 0 Å². The summed E-state index contributed by atoms with van der Waals surface area (Å²) in [6.07, 6.45) is 7.38. The third kappa shape index (κ3) is 0.374. The maximum absolute atomic E-state index is 2.67. The molecule has 3 aliphatic rings. The van der Waals surface area contributed by atoms with Crippen molar-refractivity contribution in [3.8, 4) is 0 Å². The van der Waals surface area contributed by atoms with Crippen LogP contribution in [0.25, 0.3) is 0 Å². The van der Waals surface area contributed by atoms with E-state index >= 15 is 0 Å². The SMILES string of the molecule is C1C[C@@H]2CC3=[N+]2[C@@H](C1)C3. The Labute approximate surface area is 55.4 Å². The first-order valence-corrected chi connectivity index (χ1v) is 4.08. The molecule has 3 heterocycles. The second-order valence-corrected chi connectivity index (χ2v) is 3.62. The normalized spacial score (nSPS) is 45.3. The minimum absolute atomic E-state index is 1.01. The average Bonchev–Trinajstić information content (AvgIpc) is 1.73. The molecule has 0 aromatic rings. The Morgan fingerprint density at radius 1 is 1.11 bits per heavy atom. The van der Waals surface area contributed by atoms with Gasteiger partial charge in [0.1, 0.15) is 0 Å². The Balaban J connectivity index is 2.01. The van der Waals surface area contributed by atoms with Crippen LogP contribution in [0.5, 0.6) is 0 Å². The molecule has 9 heavy (non-hydrogen) atoms. The van der Waals surface area contributed by atoms with Gasteiger partial charge in [-0.15, -0.1) is 0 Å². The summed E-state index contributed by atoms with van der Waals surface area (Å²) in [4.78, 5) is 0. The predicted molar refractivity (Wildman–Crippen MR) is 35.9 cm³/mol. The molecule has 0 spiro atoms. The molecule has 0 saturated carbocycles. The molecular weight excluding hydrogens is 110 g/mol. The van der Waals surface area contributed by atoms with Crippen molar-refractivity contribution in [2.45, 2.75) is 44.2 Å². The first-order chi connectivity index (χ1) is 4.45. The first kappa shape index (κ1) is 4.48. The zero-order valence-electron chi connectivity index (χ0n) is 5.64. The molecule has 1 saturated heterocycles. The lowest BCUT2D eigenvalue weighted by atomic mass is 9.76. The largest absolute Gasteiger partial charge is 0.230 e. The molecule has 0 aliphatic carbocycles. The molecule has 1 nitrogen and oxygen atoms in total. The summed E-state index contributed by atoms with van der Waals surface area (Å²) < 4.78 is 2.67. The van der Waals surface area contributed by atoms with Crippen molar-refractivity contribution in [2.24, 2.45) is 0 Å². The quantitative estimate of drug-likeness (QED) is 0.424. The van der Waals surface area contributed by atoms with E-state index in [4.69, 9.17) is 0 Å². The second kappa shape index (κ2) is 1.23. The first-order valence-electron chi connectivity index (χ1n) is 4.08. The van der Waals surface area contributed by atoms with Gasteiger partial charge in [-0.25, -0.2) is 4.58 Å². The highest BCUT2D eigenvalue weighted by Crippen LogP contribution is 2.38. The fourth-order valence-electron chi connectivity index (χ4n) is 2.70. The van der Waals surface area contributed by atoms with Gasteiger partial charge >= 0.3 is 0 Å². The van der Waals surface area contributed by atoms with E-state index in [0.717, 1.165) is 12.1 Å². The van der Waals surface area contributed by atoms with Crippen molar-refractivity contribution in [1.82, 2.24) is 0 Å². The molecule has 48 valence electrons. The Hall–Kier alpha value is -0.330. The Bertz CT molecular complexity index is 175. The van der Waals surface area contributed by atoms with Crippen LogP contribution in [-0.4, -0.2) is 22.4 Å². The number of piperidine rings is 2. The lowest BCUT2D eigenvalue weighted by Gasteiger charge is -2.43. The van der Waals surface area contributed by atoms with Crippen molar-refractivity contribution >= 4 is 5.71 Å². The van der Waals surface area contributed by atoms with Crippen molar-refractivity contribution in [3.63, 3.8) is 0 Å². The molecule has 0 aromatic carbocycles. The van der Waals surface area contributed by atoms with Gasteiger partial charge in [0, 0.05) is 12.8 Å². The molecule has 3 aliphatic heterocycles. The standard InChI is InChI=1S/C8H12N/c1-2-6-4-8-5-7(3-1)9(6)8/h6-7H,1-5H2/q+1/t6-,7+. The highest BCUT2D eigenvalue weighted by atomic mass is 15.2. The molecule has 0 unspecified atom stereocenters. The fraction of sp³-hybridized carbons (Fsp3) is 0.875. The van der Waals surface area contributed by atoms with Crippen LogP contribution in [0.3, 0.4) is 0 Å². The van der Waals surface area contributed by atoms with Crippen LogP contribution in [0, 0.1) is 0 Å². The van der Waals surface area contributed by atoms with E-state index < -0.39 is 0 Å². The number of nitrogens with zero attached hydrogens (tertiary/aromatic N) is 1. The number of hydrogen-bond acceptors (Lipinski definition) is 0. The van der Waals surface area contributed by atoms with Gasteiger partial charge in [0.05, 0.1) is 12.8 Å². The summed E-state index contributed by atoms with van der Waals surface area (Å²) in [6.45, 7) is 0. The smallest absolute Gasteiger partial charge is 0.166 e. The lowest BCUT2D eigenvalue weighted by Crippen LogP contribution is -2.60. The maximum atomic E-state index is 2.67. The van der Waals surface area contributed by atoms with Gasteiger partial charge in [-0.05, 0) is 6.42 Å². The minimum Gasteiger partial charge on any atom is -0.230 e. The number of rotatable bonds is 0. The monoisotopic (exact) mass is 122 g/mol. The van der Waals surface area contributed by atoms with Crippen LogP contribution < -0.4 is 0 Å². The predicted octanol–water partition coefficient (Wildman–Crippen LogP) is 1.17. The van der Waals surface area contributed by atoms with Gasteiger partial charge in [0.15, 0.2) is 17.8 Å². The molecule has 3 rings (SSSR count). The van der Waals surface area contributed by atoms with Gasteiger partial charge in [-0.1, -0.05) is 0 Å². The maximum Gasteiger partial charge on any atom is 0.166 e. The van der Waals surface area contributed by atoms with Gasteiger partial charge < -0.3 is 0 Å². The van der Waals surface area contributed by atoms with Crippen LogP contribution in [0.15, 0.2) is 0 Å². The van der Waals surface area contributed by atoms with E-state index in [2.05, 4.69) is 4.58 Å². The molecule has 0 radical (unpaired) electrons. The number of hydrogen-bond donors (Lipinski definition) is 0. The van der Waals surface area contributed by atoms with Crippen LogP contribution >= 0.6 is 0 Å². The Morgan fingerprint density at radius 3 is 2.22 bits per heavy atom. The fourth-order valence-corrected chi connectivity index (χ4v) is 2.70. The van der Waals surface area contributed by atoms with Crippen LogP contribution in [0.2, 0.25) is 0 Å². The zero-order valence-corrected chi connectivity index (χ0v) is 5.64. The van der Waals surface area contributed by atoms with E-state index in [1.54, 1.807) is 5.71 Å². The summed E-state index contributed by atoms with van der Waals surface area (Å²) in [7, 11) is 0. The third-order valence-corrected chi connectivity index (χ3v) is 3.17. The zero-order chi connectivity index (χ0) is 5.84. The Kier molecular flexibility index (Phi) is 0.611. The van der Waals surface area contributed by atoms with E-state index in [9.17, 15) is 0 Å². The molecule has 0 N–H and O–H groups in total. The summed E-state index contributed by atoms with van der Waals surface area (Å²) in [5.74, 6) is 0. The second-order valence-electron chi connectivity index (χ2n) is 3.62. The van der Waals surface area contributed by atoms with Crippen molar-refractivity contribution < 1.29 is 4.58 Å². The van der Waals surface area contributed by atoms with Crippen LogP contribution in [-0.2, 0) is 0 Å². The highest BCUT2D eigenvalue weighted by Gasteiger charge is 2.53.